The molecular weight excluding hydrogens is 292 g/mol. The van der Waals surface area contributed by atoms with Gasteiger partial charge in [0.05, 0.1) is 5.75 Å². The van der Waals surface area contributed by atoms with Gasteiger partial charge in [-0.15, -0.1) is 11.8 Å². The van der Waals surface area contributed by atoms with Crippen LogP contribution >= 0.6 is 23.4 Å². The van der Waals surface area contributed by atoms with Crippen molar-refractivity contribution in [3.05, 3.63) is 59.1 Å². The fraction of sp³-hybridized carbons (Fsp3) is 0.133. The molecule has 0 heterocycles. The van der Waals surface area contributed by atoms with Gasteiger partial charge in [-0.25, -0.2) is 0 Å². The summed E-state index contributed by atoms with van der Waals surface area (Å²) >= 11 is 7.45. The highest BCUT2D eigenvalue weighted by atomic mass is 35.5. The summed E-state index contributed by atoms with van der Waals surface area (Å²) in [6.07, 6.45) is 0. The van der Waals surface area contributed by atoms with Crippen molar-refractivity contribution in [3.8, 4) is 0 Å². The van der Waals surface area contributed by atoms with E-state index in [1.165, 1.54) is 11.8 Å². The Hall–Kier alpha value is -1.65. The van der Waals surface area contributed by atoms with Crippen molar-refractivity contribution < 1.29 is 4.79 Å². The summed E-state index contributed by atoms with van der Waals surface area (Å²) in [7, 11) is 0. The highest BCUT2D eigenvalue weighted by Crippen LogP contribution is 2.24. The van der Waals surface area contributed by atoms with E-state index in [0.29, 0.717) is 23.0 Å². The van der Waals surface area contributed by atoms with Crippen LogP contribution in [0.2, 0.25) is 5.02 Å². The van der Waals surface area contributed by atoms with Crippen LogP contribution in [-0.4, -0.2) is 11.7 Å². The van der Waals surface area contributed by atoms with E-state index in [1.54, 1.807) is 0 Å². The number of hydrogen-bond donors (Lipinski definition) is 2. The molecule has 0 aromatic heterocycles. The lowest BCUT2D eigenvalue weighted by Crippen LogP contribution is -2.24. The Morgan fingerprint density at radius 2 is 1.85 bits per heavy atom. The third-order valence-electron chi connectivity index (χ3n) is 2.71. The molecule has 1 amide bonds. The number of anilines is 1. The monoisotopic (exact) mass is 306 g/mol. The maximum atomic E-state index is 11.8. The Morgan fingerprint density at radius 3 is 2.60 bits per heavy atom. The lowest BCUT2D eigenvalue weighted by molar-refractivity contribution is -0.118. The van der Waals surface area contributed by atoms with Crippen LogP contribution < -0.4 is 11.1 Å². The molecule has 5 heteroatoms. The van der Waals surface area contributed by atoms with Gasteiger partial charge >= 0.3 is 0 Å². The first-order valence-corrected chi connectivity index (χ1v) is 7.50. The van der Waals surface area contributed by atoms with Gasteiger partial charge in [0.25, 0.3) is 0 Å². The largest absolute Gasteiger partial charge is 0.398 e. The minimum absolute atomic E-state index is 0.0434. The van der Waals surface area contributed by atoms with Crippen LogP contribution in [0, 0.1) is 0 Å². The second-order valence-electron chi connectivity index (χ2n) is 4.19. The van der Waals surface area contributed by atoms with E-state index in [9.17, 15) is 4.79 Å². The van der Waals surface area contributed by atoms with E-state index in [-0.39, 0.29) is 5.91 Å². The standard InChI is InChI=1S/C15H15ClN2OS/c16-12-6-2-1-5-11(12)9-18-15(19)10-20-14-8-4-3-7-13(14)17/h1-8H,9-10,17H2,(H,18,19). The summed E-state index contributed by atoms with van der Waals surface area (Å²) in [5, 5.41) is 3.50. The summed E-state index contributed by atoms with van der Waals surface area (Å²) < 4.78 is 0. The number of hydrogen-bond acceptors (Lipinski definition) is 3. The minimum Gasteiger partial charge on any atom is -0.398 e. The van der Waals surface area contributed by atoms with E-state index in [2.05, 4.69) is 5.32 Å². The number of thioether (sulfide) groups is 1. The van der Waals surface area contributed by atoms with Crippen molar-refractivity contribution in [2.75, 3.05) is 11.5 Å². The van der Waals surface area contributed by atoms with Gasteiger partial charge in [0.2, 0.25) is 5.91 Å². The zero-order chi connectivity index (χ0) is 14.4. The number of nitrogen functional groups attached to an aromatic ring is 1. The molecule has 3 nitrogen and oxygen atoms in total. The van der Waals surface area contributed by atoms with Crippen LogP contribution in [0.5, 0.6) is 0 Å². The molecule has 0 atom stereocenters. The number of halogens is 1. The first-order chi connectivity index (χ1) is 9.66. The zero-order valence-electron chi connectivity index (χ0n) is 10.8. The van der Waals surface area contributed by atoms with Crippen molar-refractivity contribution >= 4 is 35.0 Å². The number of benzene rings is 2. The molecule has 20 heavy (non-hydrogen) atoms. The molecule has 0 saturated heterocycles. The van der Waals surface area contributed by atoms with Gasteiger partial charge in [-0.3, -0.25) is 4.79 Å². The van der Waals surface area contributed by atoms with E-state index in [4.69, 9.17) is 17.3 Å². The normalized spacial score (nSPS) is 10.2. The van der Waals surface area contributed by atoms with E-state index >= 15 is 0 Å². The average molecular weight is 307 g/mol. The highest BCUT2D eigenvalue weighted by molar-refractivity contribution is 8.00. The molecule has 0 spiro atoms. The Morgan fingerprint density at radius 1 is 1.15 bits per heavy atom. The van der Waals surface area contributed by atoms with Crippen LogP contribution in [0.25, 0.3) is 0 Å². The van der Waals surface area contributed by atoms with Gasteiger partial charge in [0, 0.05) is 22.2 Å². The molecule has 3 N–H and O–H groups in total. The smallest absolute Gasteiger partial charge is 0.230 e. The molecule has 0 saturated carbocycles. The first kappa shape index (κ1) is 14.8. The molecule has 0 bridgehead atoms. The second-order valence-corrected chi connectivity index (χ2v) is 5.62. The van der Waals surface area contributed by atoms with Crippen molar-refractivity contribution in [1.82, 2.24) is 5.32 Å². The Balaban J connectivity index is 1.82. The van der Waals surface area contributed by atoms with Crippen LogP contribution in [0.1, 0.15) is 5.56 Å². The fourth-order valence-corrected chi connectivity index (χ4v) is 2.64. The number of para-hydroxylation sites is 1. The number of nitrogens with one attached hydrogen (secondary N) is 1. The lowest BCUT2D eigenvalue weighted by Gasteiger charge is -2.07. The molecule has 0 aliphatic carbocycles. The maximum absolute atomic E-state index is 11.8. The topological polar surface area (TPSA) is 55.1 Å². The molecule has 0 aliphatic heterocycles. The van der Waals surface area contributed by atoms with Gasteiger partial charge in [0.1, 0.15) is 0 Å². The molecule has 2 rings (SSSR count). The summed E-state index contributed by atoms with van der Waals surface area (Å²) in [5.74, 6) is 0.289. The molecule has 0 unspecified atom stereocenters. The molecule has 2 aromatic carbocycles. The summed E-state index contributed by atoms with van der Waals surface area (Å²) in [6.45, 7) is 0.434. The predicted octanol–water partition coefficient (Wildman–Crippen LogP) is 3.33. The number of amides is 1. The summed E-state index contributed by atoms with van der Waals surface area (Å²) in [4.78, 5) is 12.7. The number of nitrogens with two attached hydrogens (primary N) is 1. The second kappa shape index (κ2) is 7.22. The molecule has 104 valence electrons. The Kier molecular flexibility index (Phi) is 5.32. The van der Waals surface area contributed by atoms with Crippen molar-refractivity contribution in [1.29, 1.82) is 0 Å². The highest BCUT2D eigenvalue weighted by Gasteiger charge is 2.06. The number of rotatable bonds is 5. The van der Waals surface area contributed by atoms with Crippen LogP contribution in [0.15, 0.2) is 53.4 Å². The van der Waals surface area contributed by atoms with Crippen molar-refractivity contribution in [3.63, 3.8) is 0 Å². The average Bonchev–Trinajstić information content (AvgIpc) is 2.45. The molecule has 0 aliphatic rings. The third-order valence-corrected chi connectivity index (χ3v) is 4.17. The van der Waals surface area contributed by atoms with Gasteiger partial charge in [-0.1, -0.05) is 41.9 Å². The molecule has 2 aromatic rings. The van der Waals surface area contributed by atoms with Crippen LogP contribution in [0.3, 0.4) is 0 Å². The summed E-state index contributed by atoms with van der Waals surface area (Å²) in [6, 6.07) is 15.0. The summed E-state index contributed by atoms with van der Waals surface area (Å²) in [5.41, 5.74) is 7.42. The van der Waals surface area contributed by atoms with E-state index in [0.717, 1.165) is 10.5 Å². The van der Waals surface area contributed by atoms with Gasteiger partial charge in [0.15, 0.2) is 0 Å². The Bertz CT molecular complexity index is 552. The predicted molar refractivity (Wildman–Crippen MR) is 84.9 cm³/mol. The minimum atomic E-state index is -0.0434. The SMILES string of the molecule is Nc1ccccc1SCC(=O)NCc1ccccc1Cl. The fourth-order valence-electron chi connectivity index (χ4n) is 1.64. The van der Waals surface area contributed by atoms with Crippen LogP contribution in [-0.2, 0) is 11.3 Å². The zero-order valence-corrected chi connectivity index (χ0v) is 12.4. The molecule has 0 fully saturated rings. The maximum Gasteiger partial charge on any atom is 0.230 e. The van der Waals surface area contributed by atoms with Crippen LogP contribution in [0.4, 0.5) is 5.69 Å². The quantitative estimate of drug-likeness (QED) is 0.658. The molecular formula is C15H15ClN2OS. The van der Waals surface area contributed by atoms with Gasteiger partial charge < -0.3 is 11.1 Å². The lowest BCUT2D eigenvalue weighted by atomic mass is 10.2. The Labute approximate surface area is 127 Å². The van der Waals surface area contributed by atoms with E-state index < -0.39 is 0 Å². The molecule has 0 radical (unpaired) electrons. The third kappa shape index (κ3) is 4.18. The van der Waals surface area contributed by atoms with Crippen molar-refractivity contribution in [2.45, 2.75) is 11.4 Å². The van der Waals surface area contributed by atoms with Crippen molar-refractivity contribution in [2.24, 2.45) is 0 Å². The number of carbonyl (C=O) groups is 1. The van der Waals surface area contributed by atoms with E-state index in [1.807, 2.05) is 48.5 Å². The van der Waals surface area contributed by atoms with Gasteiger partial charge in [-0.2, -0.15) is 0 Å². The first-order valence-electron chi connectivity index (χ1n) is 6.14. The van der Waals surface area contributed by atoms with Gasteiger partial charge in [-0.05, 0) is 23.8 Å². The number of carbonyl (C=O) groups excluding carboxylic acids is 1.